The highest BCUT2D eigenvalue weighted by Gasteiger charge is 2.15. The first kappa shape index (κ1) is 16.1. The van der Waals surface area contributed by atoms with Crippen LogP contribution in [0.15, 0.2) is 24.3 Å². The van der Waals surface area contributed by atoms with Crippen molar-refractivity contribution in [3.63, 3.8) is 0 Å². The summed E-state index contributed by atoms with van der Waals surface area (Å²) in [4.78, 5) is 11.5. The van der Waals surface area contributed by atoms with Gasteiger partial charge in [-0.1, -0.05) is 24.3 Å². The second-order valence-corrected chi connectivity index (χ2v) is 6.24. The Morgan fingerprint density at radius 1 is 1.41 bits per heavy atom. The lowest BCUT2D eigenvalue weighted by Gasteiger charge is -2.19. The summed E-state index contributed by atoms with van der Waals surface area (Å²) in [6.07, 6.45) is 4.42. The summed E-state index contributed by atoms with van der Waals surface area (Å²) in [5, 5.41) is 11.1. The molecule has 0 saturated heterocycles. The molecule has 0 fully saturated rings. The highest BCUT2D eigenvalue weighted by molar-refractivity contribution is 5.83. The topological polar surface area (TPSA) is 67.0 Å². The van der Waals surface area contributed by atoms with Gasteiger partial charge in [0.05, 0.1) is 5.52 Å². The number of carbonyl (C=O) groups excluding carboxylic acids is 1. The highest BCUT2D eigenvalue weighted by Crippen LogP contribution is 2.17. The molecule has 2 N–H and O–H groups in total. The van der Waals surface area contributed by atoms with E-state index in [1.54, 1.807) is 0 Å². The van der Waals surface area contributed by atoms with Gasteiger partial charge in [0.1, 0.15) is 5.60 Å². The summed E-state index contributed by atoms with van der Waals surface area (Å²) in [5.41, 5.74) is 2.67. The predicted octanol–water partition coefficient (Wildman–Crippen LogP) is 3.80. The highest BCUT2D eigenvalue weighted by atomic mass is 16.6. The lowest BCUT2D eigenvalue weighted by molar-refractivity contribution is 0.0529. The smallest absolute Gasteiger partial charge is 0.407 e. The lowest BCUT2D eigenvalue weighted by Crippen LogP contribution is -2.32. The van der Waals surface area contributed by atoms with E-state index in [1.165, 1.54) is 0 Å². The number of rotatable bonds is 4. The van der Waals surface area contributed by atoms with Crippen molar-refractivity contribution in [1.82, 2.24) is 15.5 Å². The number of ether oxygens (including phenoxy) is 1. The monoisotopic (exact) mass is 301 g/mol. The fraction of sp³-hybridized carbons (Fsp3) is 0.412. The van der Waals surface area contributed by atoms with Crippen molar-refractivity contribution in [2.75, 3.05) is 6.54 Å². The van der Waals surface area contributed by atoms with Crippen molar-refractivity contribution in [2.45, 2.75) is 39.7 Å². The van der Waals surface area contributed by atoms with E-state index in [4.69, 9.17) is 4.74 Å². The minimum atomic E-state index is -0.461. The van der Waals surface area contributed by atoms with Gasteiger partial charge in [0.15, 0.2) is 0 Å². The Morgan fingerprint density at radius 3 is 2.91 bits per heavy atom. The molecule has 2 rings (SSSR count). The molecule has 0 radical (unpaired) electrons. The number of aromatic amines is 1. The number of carbonyl (C=O) groups is 1. The Morgan fingerprint density at radius 2 is 2.18 bits per heavy atom. The summed E-state index contributed by atoms with van der Waals surface area (Å²) >= 11 is 0. The van der Waals surface area contributed by atoms with E-state index in [1.807, 2.05) is 45.9 Å². The van der Waals surface area contributed by atoms with Crippen molar-refractivity contribution < 1.29 is 9.53 Å². The van der Waals surface area contributed by atoms with Gasteiger partial charge in [0.2, 0.25) is 0 Å². The van der Waals surface area contributed by atoms with Crippen LogP contribution in [0.1, 0.15) is 38.4 Å². The van der Waals surface area contributed by atoms with E-state index in [0.29, 0.717) is 6.54 Å². The molecule has 1 aromatic carbocycles. The summed E-state index contributed by atoms with van der Waals surface area (Å²) in [6.45, 7) is 8.10. The molecule has 1 amide bonds. The third-order valence-corrected chi connectivity index (χ3v) is 3.06. The molecule has 22 heavy (non-hydrogen) atoms. The van der Waals surface area contributed by atoms with Gasteiger partial charge >= 0.3 is 6.09 Å². The van der Waals surface area contributed by atoms with Crippen LogP contribution in [0, 0.1) is 6.92 Å². The number of aromatic nitrogens is 2. The first-order valence-corrected chi connectivity index (χ1v) is 7.43. The van der Waals surface area contributed by atoms with Crippen LogP contribution in [0.25, 0.3) is 17.0 Å². The number of H-pyrrole nitrogens is 1. The maximum Gasteiger partial charge on any atom is 0.407 e. The molecule has 0 aliphatic carbocycles. The van der Waals surface area contributed by atoms with E-state index in [9.17, 15) is 4.79 Å². The number of fused-ring (bicyclic) bond motifs is 1. The zero-order valence-corrected chi connectivity index (χ0v) is 13.6. The van der Waals surface area contributed by atoms with Gasteiger partial charge in [-0.05, 0) is 45.7 Å². The van der Waals surface area contributed by atoms with Gasteiger partial charge in [-0.3, -0.25) is 5.10 Å². The largest absolute Gasteiger partial charge is 0.444 e. The number of benzene rings is 1. The van der Waals surface area contributed by atoms with Crippen LogP contribution < -0.4 is 5.32 Å². The van der Waals surface area contributed by atoms with Crippen molar-refractivity contribution in [2.24, 2.45) is 0 Å². The molecule has 5 nitrogen and oxygen atoms in total. The third-order valence-electron chi connectivity index (χ3n) is 3.06. The number of aryl methyl sites for hydroxylation is 1. The van der Waals surface area contributed by atoms with Crippen LogP contribution in [0.5, 0.6) is 0 Å². The molecule has 0 atom stereocenters. The Labute approximate surface area is 130 Å². The van der Waals surface area contributed by atoms with E-state index < -0.39 is 5.60 Å². The second kappa shape index (κ2) is 6.64. The normalized spacial score (nSPS) is 12.0. The Bertz CT molecular complexity index is 681. The summed E-state index contributed by atoms with van der Waals surface area (Å²) in [6, 6.07) is 6.16. The fourth-order valence-electron chi connectivity index (χ4n) is 2.06. The first-order valence-electron chi connectivity index (χ1n) is 7.43. The molecule has 1 heterocycles. The molecule has 2 aromatic rings. The molecule has 1 aromatic heterocycles. The number of amides is 1. The molecule has 0 bridgehead atoms. The van der Waals surface area contributed by atoms with Crippen LogP contribution in [-0.2, 0) is 4.74 Å². The van der Waals surface area contributed by atoms with Gasteiger partial charge < -0.3 is 10.1 Å². The standard InChI is InChI=1S/C17H23N3O2/c1-12-14-9-8-13(11-15(14)20-19-12)7-5-6-10-18-16(21)22-17(2,3)4/h5,7-9,11H,6,10H2,1-4H3,(H,18,21)(H,19,20). The minimum Gasteiger partial charge on any atom is -0.444 e. The van der Waals surface area contributed by atoms with Crippen molar-refractivity contribution in [1.29, 1.82) is 0 Å². The van der Waals surface area contributed by atoms with Gasteiger partial charge in [0.25, 0.3) is 0 Å². The van der Waals surface area contributed by atoms with Gasteiger partial charge in [-0.15, -0.1) is 0 Å². The number of nitrogens with one attached hydrogen (secondary N) is 2. The average molecular weight is 301 g/mol. The third kappa shape index (κ3) is 4.62. The van der Waals surface area contributed by atoms with Gasteiger partial charge in [0, 0.05) is 17.6 Å². The fourth-order valence-corrected chi connectivity index (χ4v) is 2.06. The molecular formula is C17H23N3O2. The molecule has 118 valence electrons. The maximum absolute atomic E-state index is 11.5. The quantitative estimate of drug-likeness (QED) is 0.844. The first-order chi connectivity index (χ1) is 10.3. The molecule has 0 aliphatic rings. The van der Waals surface area contributed by atoms with Crippen LogP contribution in [0.3, 0.4) is 0 Å². The summed E-state index contributed by atoms with van der Waals surface area (Å²) in [7, 11) is 0. The average Bonchev–Trinajstić information content (AvgIpc) is 2.77. The van der Waals surface area contributed by atoms with Crippen molar-refractivity contribution in [3.05, 3.63) is 35.5 Å². The predicted molar refractivity (Wildman–Crippen MR) is 88.7 cm³/mol. The van der Waals surface area contributed by atoms with Crippen LogP contribution in [0.2, 0.25) is 0 Å². The van der Waals surface area contributed by atoms with E-state index in [2.05, 4.69) is 27.6 Å². The minimum absolute atomic E-state index is 0.380. The molecule has 0 saturated carbocycles. The SMILES string of the molecule is Cc1[nH]nc2cc(C=CCCNC(=O)OC(C)(C)C)ccc12. The van der Waals surface area contributed by atoms with Crippen LogP contribution in [-0.4, -0.2) is 28.4 Å². The Hall–Kier alpha value is -2.30. The van der Waals surface area contributed by atoms with E-state index in [-0.39, 0.29) is 6.09 Å². The van der Waals surface area contributed by atoms with Crippen molar-refractivity contribution in [3.8, 4) is 0 Å². The Kier molecular flexibility index (Phi) is 4.85. The number of nitrogens with zero attached hydrogens (tertiary/aromatic N) is 1. The second-order valence-electron chi connectivity index (χ2n) is 6.24. The number of hydrogen-bond donors (Lipinski definition) is 2. The van der Waals surface area contributed by atoms with Crippen LogP contribution >= 0.6 is 0 Å². The molecule has 0 spiro atoms. The van der Waals surface area contributed by atoms with Crippen LogP contribution in [0.4, 0.5) is 4.79 Å². The maximum atomic E-state index is 11.5. The summed E-state index contributed by atoms with van der Waals surface area (Å²) in [5.74, 6) is 0. The number of alkyl carbamates (subject to hydrolysis) is 1. The Balaban J connectivity index is 1.80. The zero-order valence-electron chi connectivity index (χ0n) is 13.6. The molecule has 0 aliphatic heterocycles. The van der Waals surface area contributed by atoms with Gasteiger partial charge in [-0.2, -0.15) is 5.10 Å². The van der Waals surface area contributed by atoms with Crippen molar-refractivity contribution >= 4 is 23.1 Å². The molecule has 5 heteroatoms. The van der Waals surface area contributed by atoms with Gasteiger partial charge in [-0.25, -0.2) is 4.79 Å². The molecule has 0 unspecified atom stereocenters. The summed E-state index contributed by atoms with van der Waals surface area (Å²) < 4.78 is 5.17. The molecular weight excluding hydrogens is 278 g/mol. The lowest BCUT2D eigenvalue weighted by atomic mass is 10.1. The number of hydrogen-bond acceptors (Lipinski definition) is 3. The zero-order chi connectivity index (χ0) is 16.2. The van der Waals surface area contributed by atoms with E-state index >= 15 is 0 Å². The van der Waals surface area contributed by atoms with E-state index in [0.717, 1.165) is 28.6 Å².